The molecule has 3 rings (SSSR count). The quantitative estimate of drug-likeness (QED) is 0.755. The number of nitrogens with two attached hydrogens (primary N) is 1. The Morgan fingerprint density at radius 3 is 2.50 bits per heavy atom. The molecule has 24 heavy (non-hydrogen) atoms. The van der Waals surface area contributed by atoms with Crippen LogP contribution in [0.2, 0.25) is 0 Å². The van der Waals surface area contributed by atoms with Crippen LogP contribution in [0, 0.1) is 0 Å². The molecular formula is C20H24N2O2. The molecule has 126 valence electrons. The van der Waals surface area contributed by atoms with Crippen LogP contribution in [0.3, 0.4) is 0 Å². The van der Waals surface area contributed by atoms with Gasteiger partial charge < -0.3 is 19.8 Å². The summed E-state index contributed by atoms with van der Waals surface area (Å²) in [5.74, 6) is 1.76. The molecule has 0 fully saturated rings. The molecule has 1 heterocycles. The van der Waals surface area contributed by atoms with Gasteiger partial charge in [0.2, 0.25) is 0 Å². The highest BCUT2D eigenvalue weighted by molar-refractivity contribution is 5.84. The second-order valence-electron chi connectivity index (χ2n) is 6.04. The monoisotopic (exact) mass is 324 g/mol. The van der Waals surface area contributed by atoms with E-state index in [1.54, 1.807) is 14.2 Å². The third-order valence-electron chi connectivity index (χ3n) is 4.58. The molecule has 4 nitrogen and oxygen atoms in total. The Balaban J connectivity index is 1.95. The van der Waals surface area contributed by atoms with Crippen molar-refractivity contribution in [2.75, 3.05) is 20.8 Å². The molecule has 1 unspecified atom stereocenters. The normalized spacial score (nSPS) is 12.3. The Labute approximate surface area is 142 Å². The maximum Gasteiger partial charge on any atom is 0.160 e. The molecule has 0 spiro atoms. The summed E-state index contributed by atoms with van der Waals surface area (Å²) in [5.41, 5.74) is 9.84. The van der Waals surface area contributed by atoms with Crippen LogP contribution in [-0.4, -0.2) is 25.3 Å². The number of hydrogen-bond acceptors (Lipinski definition) is 3. The van der Waals surface area contributed by atoms with Crippen molar-refractivity contribution in [1.82, 2.24) is 4.57 Å². The second kappa shape index (κ2) is 6.97. The van der Waals surface area contributed by atoms with E-state index in [-0.39, 0.29) is 5.92 Å². The van der Waals surface area contributed by atoms with Crippen LogP contribution in [-0.2, 0) is 13.5 Å². The minimum atomic E-state index is 0.259. The largest absolute Gasteiger partial charge is 0.493 e. The molecule has 3 aromatic rings. The van der Waals surface area contributed by atoms with Crippen molar-refractivity contribution in [2.45, 2.75) is 12.3 Å². The van der Waals surface area contributed by atoms with Gasteiger partial charge in [0.1, 0.15) is 0 Å². The number of methoxy groups -OCH3 is 2. The third-order valence-corrected chi connectivity index (χ3v) is 4.58. The second-order valence-corrected chi connectivity index (χ2v) is 6.04. The Hall–Kier alpha value is -2.46. The number of ether oxygens (including phenoxy) is 2. The summed E-state index contributed by atoms with van der Waals surface area (Å²) >= 11 is 0. The van der Waals surface area contributed by atoms with Gasteiger partial charge in [-0.2, -0.15) is 0 Å². The molecule has 2 aromatic carbocycles. The molecule has 0 aliphatic heterocycles. The molecule has 2 N–H and O–H groups in total. The van der Waals surface area contributed by atoms with Crippen molar-refractivity contribution in [2.24, 2.45) is 12.8 Å². The fourth-order valence-corrected chi connectivity index (χ4v) is 3.31. The van der Waals surface area contributed by atoms with Crippen LogP contribution in [0.25, 0.3) is 10.9 Å². The average Bonchev–Trinajstić information content (AvgIpc) is 2.96. The van der Waals surface area contributed by atoms with Crippen LogP contribution in [0.1, 0.15) is 17.0 Å². The van der Waals surface area contributed by atoms with Gasteiger partial charge in [-0.25, -0.2) is 0 Å². The lowest BCUT2D eigenvalue weighted by molar-refractivity contribution is 0.354. The molecule has 4 heteroatoms. The first-order valence-corrected chi connectivity index (χ1v) is 8.12. The number of rotatable bonds is 6. The Morgan fingerprint density at radius 2 is 1.79 bits per heavy atom. The van der Waals surface area contributed by atoms with Crippen LogP contribution in [0.5, 0.6) is 11.5 Å². The van der Waals surface area contributed by atoms with E-state index in [1.165, 1.54) is 22.0 Å². The van der Waals surface area contributed by atoms with E-state index < -0.39 is 0 Å². The maximum absolute atomic E-state index is 6.11. The number of fused-ring (bicyclic) bond motifs is 1. The van der Waals surface area contributed by atoms with E-state index in [9.17, 15) is 0 Å². The van der Waals surface area contributed by atoms with Crippen LogP contribution in [0.4, 0.5) is 0 Å². The molecule has 0 aliphatic carbocycles. The molecule has 0 amide bonds. The Morgan fingerprint density at radius 1 is 1.04 bits per heavy atom. The zero-order valence-electron chi connectivity index (χ0n) is 14.5. The van der Waals surface area contributed by atoms with Gasteiger partial charge in [-0.15, -0.1) is 0 Å². The number of para-hydroxylation sites is 1. The molecule has 0 saturated carbocycles. The summed E-state index contributed by atoms with van der Waals surface area (Å²) < 4.78 is 12.9. The van der Waals surface area contributed by atoms with Gasteiger partial charge in [0.25, 0.3) is 0 Å². The van der Waals surface area contributed by atoms with E-state index >= 15 is 0 Å². The predicted molar refractivity (Wildman–Crippen MR) is 98.0 cm³/mol. The van der Waals surface area contributed by atoms with Gasteiger partial charge in [-0.05, 0) is 42.3 Å². The molecule has 0 saturated heterocycles. The first-order chi connectivity index (χ1) is 11.7. The Bertz CT molecular complexity index is 839. The van der Waals surface area contributed by atoms with Crippen LogP contribution in [0.15, 0.2) is 48.7 Å². The van der Waals surface area contributed by atoms with Gasteiger partial charge in [0.05, 0.1) is 14.2 Å². The van der Waals surface area contributed by atoms with Crippen molar-refractivity contribution in [3.8, 4) is 11.5 Å². The Kier molecular flexibility index (Phi) is 4.76. The smallest absolute Gasteiger partial charge is 0.160 e. The van der Waals surface area contributed by atoms with Crippen molar-refractivity contribution >= 4 is 10.9 Å². The van der Waals surface area contributed by atoms with Crippen molar-refractivity contribution in [1.29, 1.82) is 0 Å². The van der Waals surface area contributed by atoms with Gasteiger partial charge in [-0.3, -0.25) is 0 Å². The first kappa shape index (κ1) is 16.4. The first-order valence-electron chi connectivity index (χ1n) is 8.12. The lowest BCUT2D eigenvalue weighted by Gasteiger charge is -2.16. The molecular weight excluding hydrogens is 300 g/mol. The summed E-state index contributed by atoms with van der Waals surface area (Å²) in [6.07, 6.45) is 3.06. The molecule has 0 aliphatic rings. The number of benzene rings is 2. The van der Waals surface area contributed by atoms with Crippen molar-refractivity contribution in [3.05, 3.63) is 59.8 Å². The standard InChI is InChI=1S/C20H24N2O2/c1-22-13-17(16-6-4-5-7-18(16)22)15(12-21)10-14-8-9-19(23-2)20(11-14)24-3/h4-9,11,13,15H,10,12,21H2,1-3H3. The van der Waals surface area contributed by atoms with Crippen molar-refractivity contribution in [3.63, 3.8) is 0 Å². The predicted octanol–water partition coefficient (Wildman–Crippen LogP) is 3.48. The van der Waals surface area contributed by atoms with Gasteiger partial charge in [0.15, 0.2) is 11.5 Å². The van der Waals surface area contributed by atoms with E-state index in [0.29, 0.717) is 6.54 Å². The van der Waals surface area contributed by atoms with Crippen LogP contribution < -0.4 is 15.2 Å². The highest BCUT2D eigenvalue weighted by atomic mass is 16.5. The summed E-state index contributed by atoms with van der Waals surface area (Å²) in [4.78, 5) is 0. The van der Waals surface area contributed by atoms with Gasteiger partial charge in [-0.1, -0.05) is 24.3 Å². The fourth-order valence-electron chi connectivity index (χ4n) is 3.31. The number of nitrogens with zero attached hydrogens (tertiary/aromatic N) is 1. The van der Waals surface area contributed by atoms with E-state index in [4.69, 9.17) is 15.2 Å². The summed E-state index contributed by atoms with van der Waals surface area (Å²) in [7, 11) is 5.39. The molecule has 0 bridgehead atoms. The average molecular weight is 324 g/mol. The minimum Gasteiger partial charge on any atom is -0.493 e. The number of hydrogen-bond donors (Lipinski definition) is 1. The zero-order valence-corrected chi connectivity index (χ0v) is 14.5. The molecule has 1 atom stereocenters. The van der Waals surface area contributed by atoms with Crippen LogP contribution >= 0.6 is 0 Å². The maximum atomic E-state index is 6.11. The number of aryl methyl sites for hydroxylation is 1. The lowest BCUT2D eigenvalue weighted by Crippen LogP contribution is -2.15. The van der Waals surface area contributed by atoms with Gasteiger partial charge in [0, 0.05) is 30.1 Å². The lowest BCUT2D eigenvalue weighted by atomic mass is 9.91. The summed E-state index contributed by atoms with van der Waals surface area (Å²) in [6, 6.07) is 14.5. The molecule has 0 radical (unpaired) electrons. The summed E-state index contributed by atoms with van der Waals surface area (Å²) in [6.45, 7) is 0.600. The van der Waals surface area contributed by atoms with E-state index in [2.05, 4.69) is 48.1 Å². The fraction of sp³-hybridized carbons (Fsp3) is 0.300. The topological polar surface area (TPSA) is 49.4 Å². The molecule has 1 aromatic heterocycles. The highest BCUT2D eigenvalue weighted by Crippen LogP contribution is 2.32. The number of aromatic nitrogens is 1. The van der Waals surface area contributed by atoms with Gasteiger partial charge >= 0.3 is 0 Å². The SMILES string of the molecule is COc1ccc(CC(CN)c2cn(C)c3ccccc23)cc1OC. The third kappa shape index (κ3) is 2.97. The highest BCUT2D eigenvalue weighted by Gasteiger charge is 2.17. The zero-order chi connectivity index (χ0) is 17.1. The van der Waals surface area contributed by atoms with E-state index in [1.807, 2.05) is 12.1 Å². The summed E-state index contributed by atoms with van der Waals surface area (Å²) in [5, 5.41) is 1.27. The minimum absolute atomic E-state index is 0.259. The van der Waals surface area contributed by atoms with Crippen molar-refractivity contribution < 1.29 is 9.47 Å². The van der Waals surface area contributed by atoms with E-state index in [0.717, 1.165) is 17.9 Å².